The second-order valence-corrected chi connectivity index (χ2v) is 11.7. The van der Waals surface area contributed by atoms with E-state index in [2.05, 4.69) is 113 Å². The van der Waals surface area contributed by atoms with E-state index < -0.39 is 0 Å². The van der Waals surface area contributed by atoms with Gasteiger partial charge in [-0.3, -0.25) is 0 Å². The van der Waals surface area contributed by atoms with E-state index in [0.29, 0.717) is 0 Å². The minimum atomic E-state index is -0.375. The maximum atomic E-state index is 6.28. The van der Waals surface area contributed by atoms with Crippen molar-refractivity contribution in [3.63, 3.8) is 0 Å². The molecule has 1 aliphatic heterocycles. The van der Waals surface area contributed by atoms with Gasteiger partial charge >= 0.3 is 7.12 Å². The highest BCUT2D eigenvalue weighted by atomic mass is 32.1. The Kier molecular flexibility index (Phi) is 4.66. The standard InChI is InChI=1S/C31H26BNO2S/c1-30(2)31(3,4)35-32(34-30)21-16-13-20(14-17-21)27-26-23-11-7-8-12-25(23)36-29(26)24-18-15-19-9-5-6-10-22(19)28(24)33-27/h5-18H,1-4H3. The van der Waals surface area contributed by atoms with Crippen molar-refractivity contribution in [1.82, 2.24) is 4.98 Å². The molecule has 1 saturated heterocycles. The van der Waals surface area contributed by atoms with Gasteiger partial charge in [-0.15, -0.1) is 11.3 Å². The Balaban J connectivity index is 1.45. The first-order valence-corrected chi connectivity index (χ1v) is 13.2. The van der Waals surface area contributed by atoms with Gasteiger partial charge in [0.15, 0.2) is 0 Å². The number of hydrogen-bond acceptors (Lipinski definition) is 4. The topological polar surface area (TPSA) is 31.4 Å². The van der Waals surface area contributed by atoms with Crippen LogP contribution in [0.15, 0.2) is 84.9 Å². The van der Waals surface area contributed by atoms with Crippen LogP contribution in [0.1, 0.15) is 27.7 Å². The Labute approximate surface area is 214 Å². The molecule has 3 heterocycles. The quantitative estimate of drug-likeness (QED) is 0.185. The zero-order valence-electron chi connectivity index (χ0n) is 20.8. The third-order valence-electron chi connectivity index (χ3n) is 7.91. The number of pyridine rings is 1. The minimum Gasteiger partial charge on any atom is -0.399 e. The van der Waals surface area contributed by atoms with Crippen molar-refractivity contribution in [2.75, 3.05) is 0 Å². The first-order chi connectivity index (χ1) is 17.3. The first-order valence-electron chi connectivity index (χ1n) is 12.4. The summed E-state index contributed by atoms with van der Waals surface area (Å²) in [6.45, 7) is 8.35. The van der Waals surface area contributed by atoms with Gasteiger partial charge in [-0.05, 0) is 44.6 Å². The average molecular weight is 487 g/mol. The number of hydrogen-bond donors (Lipinski definition) is 0. The molecule has 1 fully saturated rings. The molecule has 0 saturated carbocycles. The number of aromatic nitrogens is 1. The monoisotopic (exact) mass is 487 g/mol. The van der Waals surface area contributed by atoms with Crippen LogP contribution in [0.3, 0.4) is 0 Å². The molecule has 2 aromatic heterocycles. The van der Waals surface area contributed by atoms with E-state index in [1.54, 1.807) is 0 Å². The van der Waals surface area contributed by atoms with Gasteiger partial charge < -0.3 is 9.31 Å². The SMILES string of the molecule is CC1(C)OB(c2ccc(-c3nc4c5ccccc5ccc4c4sc5ccccc5c34)cc2)OC1(C)C. The summed E-state index contributed by atoms with van der Waals surface area (Å²) in [5, 5.41) is 6.08. The molecule has 3 nitrogen and oxygen atoms in total. The number of thiophene rings is 1. The van der Waals surface area contributed by atoms with Crippen molar-refractivity contribution in [3.05, 3.63) is 84.9 Å². The van der Waals surface area contributed by atoms with Gasteiger partial charge in [0.1, 0.15) is 0 Å². The van der Waals surface area contributed by atoms with Crippen LogP contribution in [0.4, 0.5) is 0 Å². The fraction of sp³-hybridized carbons (Fsp3) is 0.194. The molecule has 0 spiro atoms. The maximum Gasteiger partial charge on any atom is 0.494 e. The average Bonchev–Trinajstić information content (AvgIpc) is 3.37. The van der Waals surface area contributed by atoms with Gasteiger partial charge in [-0.1, -0.05) is 78.9 Å². The lowest BCUT2D eigenvalue weighted by Gasteiger charge is -2.32. The molecular weight excluding hydrogens is 461 g/mol. The lowest BCUT2D eigenvalue weighted by molar-refractivity contribution is 0.00578. The Morgan fingerprint density at radius 1 is 0.694 bits per heavy atom. The smallest absolute Gasteiger partial charge is 0.399 e. The molecule has 5 heteroatoms. The van der Waals surface area contributed by atoms with Crippen LogP contribution in [-0.2, 0) is 9.31 Å². The predicted octanol–water partition coefficient (Wildman–Crippen LogP) is 7.72. The van der Waals surface area contributed by atoms with E-state index in [0.717, 1.165) is 22.2 Å². The first kappa shape index (κ1) is 22.0. The van der Waals surface area contributed by atoms with Gasteiger partial charge in [-0.2, -0.15) is 0 Å². The molecular formula is C31H26BNO2S. The summed E-state index contributed by atoms with van der Waals surface area (Å²) in [6.07, 6.45) is 0. The molecule has 176 valence electrons. The molecule has 6 aromatic rings. The van der Waals surface area contributed by atoms with Crippen molar-refractivity contribution >= 4 is 65.8 Å². The maximum absolute atomic E-state index is 6.28. The van der Waals surface area contributed by atoms with Crippen molar-refractivity contribution in [3.8, 4) is 11.3 Å². The molecule has 4 aromatic carbocycles. The van der Waals surface area contributed by atoms with Crippen LogP contribution in [0.25, 0.3) is 53.1 Å². The van der Waals surface area contributed by atoms with Crippen LogP contribution < -0.4 is 5.46 Å². The van der Waals surface area contributed by atoms with E-state index in [1.807, 2.05) is 11.3 Å². The summed E-state index contributed by atoms with van der Waals surface area (Å²) in [5.74, 6) is 0. The van der Waals surface area contributed by atoms with Crippen LogP contribution in [-0.4, -0.2) is 23.3 Å². The van der Waals surface area contributed by atoms with Crippen LogP contribution in [0.2, 0.25) is 0 Å². The molecule has 0 bridgehead atoms. The van der Waals surface area contributed by atoms with Gasteiger partial charge in [0.25, 0.3) is 0 Å². The zero-order valence-corrected chi connectivity index (χ0v) is 21.6. The molecule has 0 amide bonds. The number of fused-ring (bicyclic) bond motifs is 7. The molecule has 7 rings (SSSR count). The van der Waals surface area contributed by atoms with Crippen molar-refractivity contribution < 1.29 is 9.31 Å². The summed E-state index contributed by atoms with van der Waals surface area (Å²) in [4.78, 5) is 5.34. The van der Waals surface area contributed by atoms with Crippen molar-refractivity contribution in [2.24, 2.45) is 0 Å². The summed E-state index contributed by atoms with van der Waals surface area (Å²) in [7, 11) is -0.375. The highest BCUT2D eigenvalue weighted by molar-refractivity contribution is 7.26. The largest absolute Gasteiger partial charge is 0.494 e. The molecule has 0 atom stereocenters. The Bertz CT molecular complexity index is 1790. The molecule has 1 aliphatic rings. The van der Waals surface area contributed by atoms with E-state index in [9.17, 15) is 0 Å². The third kappa shape index (κ3) is 3.16. The van der Waals surface area contributed by atoms with Gasteiger partial charge in [-0.25, -0.2) is 4.98 Å². The summed E-state index contributed by atoms with van der Waals surface area (Å²) in [6, 6.07) is 30.2. The van der Waals surface area contributed by atoms with E-state index in [-0.39, 0.29) is 18.3 Å². The lowest BCUT2D eigenvalue weighted by atomic mass is 9.78. The normalized spacial score (nSPS) is 17.1. The Morgan fingerprint density at radius 3 is 2.11 bits per heavy atom. The van der Waals surface area contributed by atoms with Crippen LogP contribution in [0.5, 0.6) is 0 Å². The second kappa shape index (κ2) is 7.63. The molecule has 36 heavy (non-hydrogen) atoms. The van der Waals surface area contributed by atoms with Crippen LogP contribution in [0, 0.1) is 0 Å². The summed E-state index contributed by atoms with van der Waals surface area (Å²) >= 11 is 1.85. The second-order valence-electron chi connectivity index (χ2n) is 10.7. The highest BCUT2D eigenvalue weighted by Crippen LogP contribution is 2.44. The van der Waals surface area contributed by atoms with E-state index >= 15 is 0 Å². The zero-order chi connectivity index (χ0) is 24.7. The molecule has 0 unspecified atom stereocenters. The summed E-state index contributed by atoms with van der Waals surface area (Å²) < 4.78 is 15.1. The fourth-order valence-electron chi connectivity index (χ4n) is 5.18. The van der Waals surface area contributed by atoms with E-state index in [1.165, 1.54) is 36.3 Å². The van der Waals surface area contributed by atoms with Gasteiger partial charge in [0, 0.05) is 36.5 Å². The van der Waals surface area contributed by atoms with Crippen molar-refractivity contribution in [2.45, 2.75) is 38.9 Å². The summed E-state index contributed by atoms with van der Waals surface area (Å²) in [5.41, 5.74) is 3.47. The predicted molar refractivity (Wildman–Crippen MR) is 153 cm³/mol. The minimum absolute atomic E-state index is 0.362. The fourth-order valence-corrected chi connectivity index (χ4v) is 6.41. The third-order valence-corrected chi connectivity index (χ3v) is 9.11. The van der Waals surface area contributed by atoms with Gasteiger partial charge in [0.2, 0.25) is 0 Å². The lowest BCUT2D eigenvalue weighted by Crippen LogP contribution is -2.41. The van der Waals surface area contributed by atoms with Crippen LogP contribution >= 0.6 is 11.3 Å². The molecule has 0 aliphatic carbocycles. The number of nitrogens with zero attached hydrogens (tertiary/aromatic N) is 1. The van der Waals surface area contributed by atoms with Crippen molar-refractivity contribution in [1.29, 1.82) is 0 Å². The Hall–Kier alpha value is -3.25. The van der Waals surface area contributed by atoms with Gasteiger partial charge in [0.05, 0.1) is 22.4 Å². The Morgan fingerprint density at radius 2 is 1.36 bits per heavy atom. The highest BCUT2D eigenvalue weighted by Gasteiger charge is 2.51. The molecule has 0 radical (unpaired) electrons. The number of rotatable bonds is 2. The number of benzene rings is 4. The molecule has 0 N–H and O–H groups in total. The van der Waals surface area contributed by atoms with E-state index in [4.69, 9.17) is 14.3 Å².